The molecule has 2 aromatic carbocycles. The van der Waals surface area contributed by atoms with Gasteiger partial charge in [-0.05, 0) is 31.2 Å². The average Bonchev–Trinajstić information content (AvgIpc) is 2.67. The summed E-state index contributed by atoms with van der Waals surface area (Å²) in [6.07, 6.45) is -0.986. The predicted octanol–water partition coefficient (Wildman–Crippen LogP) is 3.27. The standard InChI is InChI=1S/C18H18N2O6S/c1-12(18(22)19-15-5-3-4-6-16(15)25-2)26-17(21)11-27-14-9-7-13(8-10-14)20(23)24/h3-10,12H,11H2,1-2H3,(H,19,22)/t12-/m0/s1. The van der Waals surface area contributed by atoms with Crippen LogP contribution in [0.2, 0.25) is 0 Å². The van der Waals surface area contributed by atoms with E-state index in [1.54, 1.807) is 36.4 Å². The number of benzene rings is 2. The van der Waals surface area contributed by atoms with Crippen molar-refractivity contribution in [2.45, 2.75) is 17.9 Å². The summed E-state index contributed by atoms with van der Waals surface area (Å²) in [6.45, 7) is 1.47. The number of hydrogen-bond acceptors (Lipinski definition) is 7. The minimum atomic E-state index is -0.986. The van der Waals surface area contributed by atoms with E-state index in [0.717, 1.165) is 11.8 Å². The van der Waals surface area contributed by atoms with Crippen LogP contribution in [0.4, 0.5) is 11.4 Å². The molecule has 0 bridgehead atoms. The molecule has 0 aliphatic carbocycles. The van der Waals surface area contributed by atoms with Crippen LogP contribution < -0.4 is 10.1 Å². The number of ether oxygens (including phenoxy) is 2. The Morgan fingerprint density at radius 2 is 1.85 bits per heavy atom. The van der Waals surface area contributed by atoms with E-state index >= 15 is 0 Å². The van der Waals surface area contributed by atoms with Gasteiger partial charge in [-0.1, -0.05) is 12.1 Å². The molecular formula is C18H18N2O6S. The minimum absolute atomic E-state index is 0.0237. The van der Waals surface area contributed by atoms with Crippen molar-refractivity contribution in [1.82, 2.24) is 0 Å². The second kappa shape index (κ2) is 9.58. The van der Waals surface area contributed by atoms with Crippen molar-refractivity contribution in [3.63, 3.8) is 0 Å². The summed E-state index contributed by atoms with van der Waals surface area (Å²) >= 11 is 1.16. The number of carbonyl (C=O) groups excluding carboxylic acids is 2. The van der Waals surface area contributed by atoms with E-state index in [-0.39, 0.29) is 11.4 Å². The lowest BCUT2D eigenvalue weighted by molar-refractivity contribution is -0.384. The molecule has 9 heteroatoms. The highest BCUT2D eigenvalue weighted by Gasteiger charge is 2.19. The first-order valence-electron chi connectivity index (χ1n) is 7.91. The van der Waals surface area contributed by atoms with Gasteiger partial charge in [0, 0.05) is 17.0 Å². The highest BCUT2D eigenvalue weighted by molar-refractivity contribution is 8.00. The predicted molar refractivity (Wildman–Crippen MR) is 101 cm³/mol. The summed E-state index contributed by atoms with van der Waals surface area (Å²) in [6, 6.07) is 12.7. The molecule has 0 aromatic heterocycles. The molecule has 0 aliphatic heterocycles. The summed E-state index contributed by atoms with van der Waals surface area (Å²) in [7, 11) is 1.49. The van der Waals surface area contributed by atoms with Crippen LogP contribution in [0.25, 0.3) is 0 Å². The number of nitrogens with one attached hydrogen (secondary N) is 1. The van der Waals surface area contributed by atoms with E-state index in [1.807, 2.05) is 0 Å². The van der Waals surface area contributed by atoms with Gasteiger partial charge in [-0.25, -0.2) is 0 Å². The Morgan fingerprint density at radius 3 is 2.48 bits per heavy atom. The molecule has 0 aliphatic rings. The Morgan fingerprint density at radius 1 is 1.19 bits per heavy atom. The number of anilines is 1. The zero-order valence-corrected chi connectivity index (χ0v) is 15.5. The number of non-ortho nitro benzene ring substituents is 1. The van der Waals surface area contributed by atoms with E-state index in [9.17, 15) is 19.7 Å². The maximum atomic E-state index is 12.2. The van der Waals surface area contributed by atoms with Crippen LogP contribution in [-0.2, 0) is 14.3 Å². The molecule has 1 amide bonds. The van der Waals surface area contributed by atoms with Gasteiger partial charge in [-0.2, -0.15) is 0 Å². The first-order valence-corrected chi connectivity index (χ1v) is 8.90. The smallest absolute Gasteiger partial charge is 0.317 e. The Bertz CT molecular complexity index is 825. The topological polar surface area (TPSA) is 108 Å². The zero-order valence-electron chi connectivity index (χ0n) is 14.7. The third-order valence-corrected chi connectivity index (χ3v) is 4.43. The van der Waals surface area contributed by atoms with Crippen molar-refractivity contribution >= 4 is 35.0 Å². The number of para-hydroxylation sites is 2. The van der Waals surface area contributed by atoms with E-state index < -0.39 is 22.9 Å². The first kappa shape index (κ1) is 20.2. The van der Waals surface area contributed by atoms with Crippen LogP contribution in [0.3, 0.4) is 0 Å². The molecule has 0 unspecified atom stereocenters. The summed E-state index contributed by atoms with van der Waals surface area (Å²) in [5.74, 6) is -0.573. The van der Waals surface area contributed by atoms with Gasteiger partial charge in [-0.3, -0.25) is 19.7 Å². The number of carbonyl (C=O) groups is 2. The van der Waals surface area contributed by atoms with Gasteiger partial charge in [0.25, 0.3) is 11.6 Å². The average molecular weight is 390 g/mol. The molecule has 8 nitrogen and oxygen atoms in total. The number of nitro groups is 1. The second-order valence-corrected chi connectivity index (χ2v) is 6.41. The Kier molecular flexibility index (Phi) is 7.18. The molecule has 0 heterocycles. The number of amides is 1. The third-order valence-electron chi connectivity index (χ3n) is 3.45. The summed E-state index contributed by atoms with van der Waals surface area (Å²) in [5, 5.41) is 13.3. The van der Waals surface area contributed by atoms with E-state index in [4.69, 9.17) is 9.47 Å². The van der Waals surface area contributed by atoms with Gasteiger partial charge < -0.3 is 14.8 Å². The number of nitro benzene ring substituents is 1. The third kappa shape index (κ3) is 6.00. The van der Waals surface area contributed by atoms with Gasteiger partial charge in [-0.15, -0.1) is 11.8 Å². The number of esters is 1. The fourth-order valence-electron chi connectivity index (χ4n) is 2.07. The van der Waals surface area contributed by atoms with Gasteiger partial charge in [0.1, 0.15) is 5.75 Å². The van der Waals surface area contributed by atoms with E-state index in [1.165, 1.54) is 26.2 Å². The number of hydrogen-bond donors (Lipinski definition) is 1. The largest absolute Gasteiger partial charge is 0.495 e. The van der Waals surface area contributed by atoms with Crippen molar-refractivity contribution in [2.24, 2.45) is 0 Å². The fraction of sp³-hybridized carbons (Fsp3) is 0.222. The number of rotatable bonds is 8. The van der Waals surface area contributed by atoms with Crippen LogP contribution in [0, 0.1) is 10.1 Å². The summed E-state index contributed by atoms with van der Waals surface area (Å²) in [5.41, 5.74) is 0.455. The SMILES string of the molecule is COc1ccccc1NC(=O)[C@H](C)OC(=O)CSc1ccc([N+](=O)[O-])cc1. The lowest BCUT2D eigenvalue weighted by atomic mass is 10.2. The highest BCUT2D eigenvalue weighted by atomic mass is 32.2. The maximum absolute atomic E-state index is 12.2. The zero-order chi connectivity index (χ0) is 19.8. The lowest BCUT2D eigenvalue weighted by Gasteiger charge is -2.15. The molecule has 1 N–H and O–H groups in total. The van der Waals surface area contributed by atoms with Crippen LogP contribution in [-0.4, -0.2) is 35.8 Å². The molecule has 2 aromatic rings. The highest BCUT2D eigenvalue weighted by Crippen LogP contribution is 2.24. The minimum Gasteiger partial charge on any atom is -0.495 e. The van der Waals surface area contributed by atoms with E-state index in [0.29, 0.717) is 16.3 Å². The van der Waals surface area contributed by atoms with Crippen LogP contribution in [0.15, 0.2) is 53.4 Å². The van der Waals surface area contributed by atoms with Crippen molar-refractivity contribution in [1.29, 1.82) is 0 Å². The first-order chi connectivity index (χ1) is 12.9. The van der Waals surface area contributed by atoms with E-state index in [2.05, 4.69) is 5.32 Å². The Labute approximate surface area is 160 Å². The molecule has 0 saturated carbocycles. The molecule has 27 heavy (non-hydrogen) atoms. The monoisotopic (exact) mass is 390 g/mol. The quantitative estimate of drug-likeness (QED) is 0.319. The molecule has 0 saturated heterocycles. The second-order valence-electron chi connectivity index (χ2n) is 5.36. The Balaban J connectivity index is 1.83. The number of thioether (sulfide) groups is 1. The maximum Gasteiger partial charge on any atom is 0.317 e. The molecule has 0 spiro atoms. The number of methoxy groups -OCH3 is 1. The summed E-state index contributed by atoms with van der Waals surface area (Å²) < 4.78 is 10.3. The molecular weight excluding hydrogens is 372 g/mol. The fourth-order valence-corrected chi connectivity index (χ4v) is 2.75. The molecule has 1 atom stereocenters. The Hall–Kier alpha value is -3.07. The van der Waals surface area contributed by atoms with Crippen LogP contribution in [0.1, 0.15) is 6.92 Å². The van der Waals surface area contributed by atoms with Crippen molar-refractivity contribution in [3.05, 3.63) is 58.6 Å². The normalized spacial score (nSPS) is 11.3. The molecule has 142 valence electrons. The van der Waals surface area contributed by atoms with Gasteiger partial charge in [0.15, 0.2) is 6.10 Å². The summed E-state index contributed by atoms with van der Waals surface area (Å²) in [4.78, 5) is 34.9. The van der Waals surface area contributed by atoms with Crippen molar-refractivity contribution in [3.8, 4) is 5.75 Å². The van der Waals surface area contributed by atoms with Gasteiger partial charge in [0.05, 0.1) is 23.5 Å². The number of nitrogens with zero attached hydrogens (tertiary/aromatic N) is 1. The molecule has 0 radical (unpaired) electrons. The van der Waals surface area contributed by atoms with Gasteiger partial charge in [0.2, 0.25) is 0 Å². The van der Waals surface area contributed by atoms with Crippen LogP contribution in [0.5, 0.6) is 5.75 Å². The molecule has 2 rings (SSSR count). The van der Waals surface area contributed by atoms with Crippen LogP contribution >= 0.6 is 11.8 Å². The van der Waals surface area contributed by atoms with Gasteiger partial charge >= 0.3 is 5.97 Å². The van der Waals surface area contributed by atoms with Crippen molar-refractivity contribution < 1.29 is 24.0 Å². The lowest BCUT2D eigenvalue weighted by Crippen LogP contribution is -2.30. The van der Waals surface area contributed by atoms with Crippen molar-refractivity contribution in [2.75, 3.05) is 18.2 Å². The molecule has 0 fully saturated rings.